The standard InChI is InChI=1S/C14H20N4O2/c1-4-16-14-12(6-5-7-13(14)18(19)20)10-17(3)9-11(2)8-15/h5-7,11,16H,4,9-10H2,1-3H3. The Balaban J connectivity index is 2.97. The SMILES string of the molecule is CCNc1c(CN(C)CC(C)C#N)cccc1[N+](=O)[O-]. The van der Waals surface area contributed by atoms with Crippen LogP contribution in [0.15, 0.2) is 18.2 Å². The molecule has 0 heterocycles. The van der Waals surface area contributed by atoms with Crippen LogP contribution in [-0.4, -0.2) is 30.0 Å². The quantitative estimate of drug-likeness (QED) is 0.611. The van der Waals surface area contributed by atoms with Gasteiger partial charge in [-0.25, -0.2) is 0 Å². The van der Waals surface area contributed by atoms with E-state index in [1.54, 1.807) is 6.07 Å². The lowest BCUT2D eigenvalue weighted by Gasteiger charge is -2.20. The molecule has 0 fully saturated rings. The molecule has 0 bridgehead atoms. The van der Waals surface area contributed by atoms with Gasteiger partial charge in [-0.1, -0.05) is 12.1 Å². The van der Waals surface area contributed by atoms with E-state index in [2.05, 4.69) is 11.4 Å². The molecule has 0 aromatic heterocycles. The number of hydrogen-bond acceptors (Lipinski definition) is 5. The number of nitriles is 1. The number of nitrogens with one attached hydrogen (secondary N) is 1. The number of para-hydroxylation sites is 1. The molecule has 0 amide bonds. The molecule has 1 unspecified atom stereocenters. The minimum absolute atomic E-state index is 0.0683. The van der Waals surface area contributed by atoms with Crippen molar-refractivity contribution in [1.82, 2.24) is 4.90 Å². The second kappa shape index (κ2) is 7.46. The Morgan fingerprint density at radius 3 is 2.80 bits per heavy atom. The van der Waals surface area contributed by atoms with Crippen molar-refractivity contribution < 1.29 is 4.92 Å². The van der Waals surface area contributed by atoms with Crippen LogP contribution >= 0.6 is 0 Å². The highest BCUT2D eigenvalue weighted by Gasteiger charge is 2.18. The maximum atomic E-state index is 11.1. The maximum absolute atomic E-state index is 11.1. The van der Waals surface area contributed by atoms with Crippen LogP contribution in [-0.2, 0) is 6.54 Å². The van der Waals surface area contributed by atoms with Gasteiger partial charge in [0.05, 0.1) is 16.9 Å². The molecular formula is C14H20N4O2. The van der Waals surface area contributed by atoms with Crippen molar-refractivity contribution in [2.24, 2.45) is 5.92 Å². The van der Waals surface area contributed by atoms with E-state index in [0.717, 1.165) is 5.56 Å². The van der Waals surface area contributed by atoms with Crippen molar-refractivity contribution in [1.29, 1.82) is 5.26 Å². The van der Waals surface area contributed by atoms with E-state index in [1.165, 1.54) is 6.07 Å². The lowest BCUT2D eigenvalue weighted by atomic mass is 10.1. The smallest absolute Gasteiger partial charge is 0.292 e. The van der Waals surface area contributed by atoms with Gasteiger partial charge in [0, 0.05) is 25.7 Å². The zero-order chi connectivity index (χ0) is 15.1. The molecule has 0 radical (unpaired) electrons. The minimum atomic E-state index is -0.376. The summed E-state index contributed by atoms with van der Waals surface area (Å²) < 4.78 is 0. The van der Waals surface area contributed by atoms with Crippen LogP contribution in [0.5, 0.6) is 0 Å². The Morgan fingerprint density at radius 2 is 2.25 bits per heavy atom. The van der Waals surface area contributed by atoms with Gasteiger partial charge < -0.3 is 10.2 Å². The summed E-state index contributed by atoms with van der Waals surface area (Å²) in [7, 11) is 1.91. The van der Waals surface area contributed by atoms with Crippen molar-refractivity contribution in [2.75, 3.05) is 25.5 Å². The first-order valence-electron chi connectivity index (χ1n) is 6.57. The zero-order valence-corrected chi connectivity index (χ0v) is 12.1. The van der Waals surface area contributed by atoms with Gasteiger partial charge in [-0.15, -0.1) is 0 Å². The second-order valence-corrected chi connectivity index (χ2v) is 4.83. The Morgan fingerprint density at radius 1 is 1.55 bits per heavy atom. The van der Waals surface area contributed by atoms with Crippen molar-refractivity contribution in [3.05, 3.63) is 33.9 Å². The molecule has 1 atom stereocenters. The first-order chi connectivity index (χ1) is 9.49. The van der Waals surface area contributed by atoms with E-state index in [1.807, 2.05) is 31.9 Å². The number of nitro benzene ring substituents is 1. The molecule has 0 spiro atoms. The summed E-state index contributed by atoms with van der Waals surface area (Å²) in [4.78, 5) is 12.7. The Bertz CT molecular complexity index is 510. The predicted octanol–water partition coefficient (Wildman–Crippen LogP) is 2.62. The Labute approximate surface area is 119 Å². The summed E-state index contributed by atoms with van der Waals surface area (Å²) in [6.07, 6.45) is 0. The van der Waals surface area contributed by atoms with Crippen LogP contribution in [0.2, 0.25) is 0 Å². The van der Waals surface area contributed by atoms with Gasteiger partial charge in [0.1, 0.15) is 5.69 Å². The molecule has 20 heavy (non-hydrogen) atoms. The molecule has 1 N–H and O–H groups in total. The first kappa shape index (κ1) is 15.9. The monoisotopic (exact) mass is 276 g/mol. The zero-order valence-electron chi connectivity index (χ0n) is 12.1. The average molecular weight is 276 g/mol. The Hall–Kier alpha value is -2.13. The lowest BCUT2D eigenvalue weighted by molar-refractivity contribution is -0.384. The summed E-state index contributed by atoms with van der Waals surface area (Å²) in [5.74, 6) is -0.0683. The van der Waals surface area contributed by atoms with Gasteiger partial charge in [0.25, 0.3) is 5.69 Å². The number of nitro groups is 1. The van der Waals surface area contributed by atoms with Crippen LogP contribution in [0.4, 0.5) is 11.4 Å². The minimum Gasteiger partial charge on any atom is -0.380 e. The molecular weight excluding hydrogens is 256 g/mol. The fraction of sp³-hybridized carbons (Fsp3) is 0.500. The number of nitrogens with zero attached hydrogens (tertiary/aromatic N) is 3. The highest BCUT2D eigenvalue weighted by Crippen LogP contribution is 2.29. The van der Waals surface area contributed by atoms with Gasteiger partial charge in [0.15, 0.2) is 0 Å². The van der Waals surface area contributed by atoms with Gasteiger partial charge in [0.2, 0.25) is 0 Å². The summed E-state index contributed by atoms with van der Waals surface area (Å²) >= 11 is 0. The number of anilines is 1. The highest BCUT2D eigenvalue weighted by atomic mass is 16.6. The van der Waals surface area contributed by atoms with Gasteiger partial charge in [-0.2, -0.15) is 5.26 Å². The lowest BCUT2D eigenvalue weighted by Crippen LogP contribution is -2.24. The van der Waals surface area contributed by atoms with Crippen molar-refractivity contribution in [2.45, 2.75) is 20.4 Å². The van der Waals surface area contributed by atoms with E-state index in [0.29, 0.717) is 25.3 Å². The largest absolute Gasteiger partial charge is 0.380 e. The molecule has 0 aliphatic carbocycles. The van der Waals surface area contributed by atoms with E-state index >= 15 is 0 Å². The van der Waals surface area contributed by atoms with E-state index in [4.69, 9.17) is 5.26 Å². The summed E-state index contributed by atoms with van der Waals surface area (Å²) in [5.41, 5.74) is 1.52. The molecule has 108 valence electrons. The fourth-order valence-electron chi connectivity index (χ4n) is 2.12. The molecule has 1 aromatic rings. The molecule has 0 aliphatic heterocycles. The van der Waals surface area contributed by atoms with Gasteiger partial charge in [-0.05, 0) is 26.5 Å². The summed E-state index contributed by atoms with van der Waals surface area (Å²) in [6, 6.07) is 7.25. The molecule has 1 rings (SSSR count). The first-order valence-corrected chi connectivity index (χ1v) is 6.57. The van der Waals surface area contributed by atoms with Crippen molar-refractivity contribution >= 4 is 11.4 Å². The normalized spacial score (nSPS) is 11.9. The number of rotatable bonds is 7. The average Bonchev–Trinajstić information content (AvgIpc) is 2.40. The van der Waals surface area contributed by atoms with E-state index in [9.17, 15) is 10.1 Å². The fourth-order valence-corrected chi connectivity index (χ4v) is 2.12. The molecule has 6 nitrogen and oxygen atoms in total. The van der Waals surface area contributed by atoms with Gasteiger partial charge in [-0.3, -0.25) is 10.1 Å². The molecule has 0 saturated carbocycles. The molecule has 0 aliphatic rings. The number of benzene rings is 1. The topological polar surface area (TPSA) is 82.2 Å². The summed E-state index contributed by atoms with van der Waals surface area (Å²) in [6.45, 7) is 5.58. The van der Waals surface area contributed by atoms with Crippen molar-refractivity contribution in [3.8, 4) is 6.07 Å². The van der Waals surface area contributed by atoms with Crippen LogP contribution in [0, 0.1) is 27.4 Å². The van der Waals surface area contributed by atoms with E-state index < -0.39 is 0 Å². The van der Waals surface area contributed by atoms with E-state index in [-0.39, 0.29) is 16.5 Å². The second-order valence-electron chi connectivity index (χ2n) is 4.83. The summed E-state index contributed by atoms with van der Waals surface area (Å²) in [5, 5.41) is 23.0. The predicted molar refractivity (Wildman–Crippen MR) is 78.4 cm³/mol. The molecule has 1 aromatic carbocycles. The number of hydrogen-bond donors (Lipinski definition) is 1. The Kier molecular flexibility index (Phi) is 5.94. The van der Waals surface area contributed by atoms with Crippen LogP contribution in [0.3, 0.4) is 0 Å². The molecule has 0 saturated heterocycles. The van der Waals surface area contributed by atoms with Crippen LogP contribution < -0.4 is 5.32 Å². The highest BCUT2D eigenvalue weighted by molar-refractivity contribution is 5.66. The molecule has 6 heteroatoms. The third-order valence-electron chi connectivity index (χ3n) is 2.93. The third kappa shape index (κ3) is 4.21. The van der Waals surface area contributed by atoms with Crippen LogP contribution in [0.1, 0.15) is 19.4 Å². The van der Waals surface area contributed by atoms with Gasteiger partial charge >= 0.3 is 0 Å². The maximum Gasteiger partial charge on any atom is 0.292 e. The van der Waals surface area contributed by atoms with Crippen molar-refractivity contribution in [3.63, 3.8) is 0 Å². The van der Waals surface area contributed by atoms with Crippen LogP contribution in [0.25, 0.3) is 0 Å². The third-order valence-corrected chi connectivity index (χ3v) is 2.93.